The molecule has 96 heavy (non-hydrogen) atoms. The summed E-state index contributed by atoms with van der Waals surface area (Å²) in [5.74, 6) is 0. The molecule has 0 aliphatic carbocycles. The van der Waals surface area contributed by atoms with Crippen LogP contribution in [0.2, 0.25) is 0 Å². The molecule has 0 amide bonds. The van der Waals surface area contributed by atoms with Crippen LogP contribution in [0.4, 0.5) is 0 Å². The van der Waals surface area contributed by atoms with Crippen LogP contribution < -0.4 is 0 Å². The monoisotopic (exact) mass is 1220 g/mol. The van der Waals surface area contributed by atoms with E-state index in [1.165, 1.54) is 186 Å². The van der Waals surface area contributed by atoms with E-state index in [2.05, 4.69) is 370 Å². The molecule has 21 aromatic rings. The van der Waals surface area contributed by atoms with Crippen molar-refractivity contribution in [2.24, 2.45) is 0 Å². The maximum absolute atomic E-state index is 2.46. The van der Waals surface area contributed by atoms with E-state index >= 15 is 0 Å². The Morgan fingerprint density at radius 1 is 0.135 bits per heavy atom. The van der Waals surface area contributed by atoms with Crippen molar-refractivity contribution in [3.05, 3.63) is 352 Å². The number of benzene rings is 17. The molecule has 0 saturated carbocycles. The fourth-order valence-electron chi connectivity index (χ4n) is 16.1. The topological polar surface area (TPSA) is 19.7 Å². The summed E-state index contributed by atoms with van der Waals surface area (Å²) in [5.41, 5.74) is 19.4. The van der Waals surface area contributed by atoms with Crippen molar-refractivity contribution in [3.63, 3.8) is 0 Å². The van der Waals surface area contributed by atoms with Crippen LogP contribution in [0.1, 0.15) is 0 Å². The van der Waals surface area contributed by atoms with Gasteiger partial charge in [0.1, 0.15) is 0 Å². The summed E-state index contributed by atoms with van der Waals surface area (Å²) in [4.78, 5) is 0. The lowest BCUT2D eigenvalue weighted by molar-refractivity contribution is 1.18. The van der Waals surface area contributed by atoms with Crippen molar-refractivity contribution in [3.8, 4) is 45.0 Å². The second-order valence-corrected chi connectivity index (χ2v) is 25.5. The number of aromatic nitrogens is 4. The van der Waals surface area contributed by atoms with E-state index in [0.717, 1.165) is 0 Å². The Labute approximate surface area is 552 Å². The molecule has 4 nitrogen and oxygen atoms in total. The Morgan fingerprint density at radius 3 is 0.833 bits per heavy atom. The molecule has 0 atom stereocenters. The van der Waals surface area contributed by atoms with E-state index in [0.29, 0.717) is 0 Å². The van der Waals surface area contributed by atoms with E-state index < -0.39 is 0 Å². The average Bonchev–Trinajstić information content (AvgIpc) is 1.35. The second-order valence-electron chi connectivity index (χ2n) is 25.5. The highest BCUT2D eigenvalue weighted by Gasteiger charge is 2.21. The Balaban J connectivity index is 0.000000132. The largest absolute Gasteiger partial charge is 0.309 e. The fourth-order valence-corrected chi connectivity index (χ4v) is 16.1. The third-order valence-corrected chi connectivity index (χ3v) is 20.4. The summed E-state index contributed by atoms with van der Waals surface area (Å²) < 4.78 is 9.65. The summed E-state index contributed by atoms with van der Waals surface area (Å²) in [5, 5.41) is 22.9. The smallest absolute Gasteiger partial charge is 0.0546 e. The minimum Gasteiger partial charge on any atom is -0.309 e. The van der Waals surface area contributed by atoms with Crippen molar-refractivity contribution in [2.75, 3.05) is 0 Å². The maximum Gasteiger partial charge on any atom is 0.0546 e. The van der Waals surface area contributed by atoms with Gasteiger partial charge in [0.05, 0.1) is 49.8 Å². The van der Waals surface area contributed by atoms with Gasteiger partial charge >= 0.3 is 0 Å². The number of hydrogen-bond acceptors (Lipinski definition) is 0. The van der Waals surface area contributed by atoms with Crippen molar-refractivity contribution >= 4 is 141 Å². The van der Waals surface area contributed by atoms with Gasteiger partial charge in [0.2, 0.25) is 0 Å². The van der Waals surface area contributed by atoms with Gasteiger partial charge in [-0.15, -0.1) is 0 Å². The van der Waals surface area contributed by atoms with E-state index in [4.69, 9.17) is 0 Å². The predicted octanol–water partition coefficient (Wildman–Crippen LogP) is 24.9. The summed E-state index contributed by atoms with van der Waals surface area (Å²) in [6, 6.07) is 129. The van der Waals surface area contributed by atoms with Gasteiger partial charge < -0.3 is 18.3 Å². The van der Waals surface area contributed by atoms with Crippen molar-refractivity contribution in [1.82, 2.24) is 18.3 Å². The Hall–Kier alpha value is -12.8. The van der Waals surface area contributed by atoms with Gasteiger partial charge in [-0.1, -0.05) is 237 Å². The molecular formula is C92H58N4. The predicted molar refractivity (Wildman–Crippen MR) is 409 cm³/mol. The van der Waals surface area contributed by atoms with Gasteiger partial charge in [0.15, 0.2) is 0 Å². The van der Waals surface area contributed by atoms with Gasteiger partial charge in [0.25, 0.3) is 0 Å². The molecule has 0 unspecified atom stereocenters. The first kappa shape index (κ1) is 53.9. The molecule has 0 N–H and O–H groups in total. The molecule has 4 aromatic heterocycles. The molecule has 21 rings (SSSR count). The molecule has 0 bridgehead atoms. The van der Waals surface area contributed by atoms with Crippen LogP contribution in [0.3, 0.4) is 0 Å². The average molecular weight is 1220 g/mol. The second kappa shape index (κ2) is 21.4. The van der Waals surface area contributed by atoms with Gasteiger partial charge in [0, 0.05) is 65.5 Å². The third-order valence-electron chi connectivity index (χ3n) is 20.4. The summed E-state index contributed by atoms with van der Waals surface area (Å²) in [6.45, 7) is 0. The van der Waals surface area contributed by atoms with Gasteiger partial charge in [-0.2, -0.15) is 0 Å². The van der Waals surface area contributed by atoms with Crippen LogP contribution >= 0.6 is 0 Å². The van der Waals surface area contributed by atoms with Crippen LogP contribution in [0.15, 0.2) is 352 Å². The lowest BCUT2D eigenvalue weighted by Crippen LogP contribution is -1.96. The zero-order chi connectivity index (χ0) is 63.0. The van der Waals surface area contributed by atoms with Crippen LogP contribution in [0.25, 0.3) is 186 Å². The van der Waals surface area contributed by atoms with E-state index in [9.17, 15) is 0 Å². The zero-order valence-corrected chi connectivity index (χ0v) is 52.3. The molecule has 0 aliphatic rings. The lowest BCUT2D eigenvalue weighted by atomic mass is 9.94. The molecule has 17 aromatic carbocycles. The highest BCUT2D eigenvalue weighted by molar-refractivity contribution is 6.26. The molecule has 4 heteroatoms. The van der Waals surface area contributed by atoms with Crippen LogP contribution in [0.5, 0.6) is 0 Å². The Bertz CT molecular complexity index is 6720. The number of nitrogens with zero attached hydrogens (tertiary/aromatic N) is 4. The molecule has 0 radical (unpaired) electrons. The molecule has 4 heterocycles. The van der Waals surface area contributed by atoms with Gasteiger partial charge in [-0.3, -0.25) is 0 Å². The summed E-state index contributed by atoms with van der Waals surface area (Å²) in [6.07, 6.45) is 0. The third kappa shape index (κ3) is 8.22. The summed E-state index contributed by atoms with van der Waals surface area (Å²) >= 11 is 0. The Morgan fingerprint density at radius 2 is 0.417 bits per heavy atom. The molecule has 0 fully saturated rings. The first-order valence-electron chi connectivity index (χ1n) is 33.1. The normalized spacial score (nSPS) is 12.0. The number of para-hydroxylation sites is 6. The fraction of sp³-hybridized carbons (Fsp3) is 0. The zero-order valence-electron chi connectivity index (χ0n) is 52.3. The minimum atomic E-state index is 1.17. The lowest BCUT2D eigenvalue weighted by Gasteiger charge is -2.14. The van der Waals surface area contributed by atoms with E-state index in [1.54, 1.807) is 0 Å². The quantitative estimate of drug-likeness (QED) is 0.148. The maximum atomic E-state index is 2.46. The van der Waals surface area contributed by atoms with Crippen molar-refractivity contribution in [2.45, 2.75) is 0 Å². The van der Waals surface area contributed by atoms with Gasteiger partial charge in [-0.25, -0.2) is 0 Å². The highest BCUT2D eigenvalue weighted by Crippen LogP contribution is 2.44. The molecule has 0 aliphatic heterocycles. The van der Waals surface area contributed by atoms with Crippen LogP contribution in [-0.2, 0) is 0 Å². The van der Waals surface area contributed by atoms with Gasteiger partial charge in [-0.05, 0) is 186 Å². The molecule has 0 saturated heterocycles. The first-order valence-corrected chi connectivity index (χ1v) is 33.1. The van der Waals surface area contributed by atoms with E-state index in [1.807, 2.05) is 0 Å². The van der Waals surface area contributed by atoms with Crippen molar-refractivity contribution < 1.29 is 0 Å². The Kier molecular flexibility index (Phi) is 12.0. The SMILES string of the molecule is c1ccc(-n2c3ccccc3c3cc(-c4ccc5c(c4)c4ccccc4n5-c4cc5ccccc5c5ccccc45)ccc32)cc1.c1ccc(-n2c3ccccc3c3cc(-c4ccc5c(c4)c4ccccc4n5-c4ccc5c6ccccc6c6ccccc6c5c4)ccc32)cc1. The molecular weight excluding hydrogens is 1160 g/mol. The number of rotatable bonds is 6. The number of hydrogen-bond donors (Lipinski definition) is 0. The highest BCUT2D eigenvalue weighted by atomic mass is 15.0. The van der Waals surface area contributed by atoms with Crippen molar-refractivity contribution in [1.29, 1.82) is 0 Å². The number of fused-ring (bicyclic) bond motifs is 21. The standard InChI is InChI=1S/C48H30N2.C44H28N2/c1-2-12-33(13-3-1)49-45-20-10-8-18-40(45)43-28-31(22-26-47(43)49)32-23-27-48-44(29-32)41-19-9-11-21-46(41)50(48)34-24-25-39-37-16-5-4-14-35(37)36-15-6-7-17-38(36)42(39)30-34;1-2-13-32(14-3-1)45-40-20-10-8-18-36(40)38-26-29(22-24-42(38)45)30-23-25-43-39(27-30)37-19-9-11-21-41(37)46(43)44-28-31-12-4-5-15-33(31)34-16-6-7-17-35(34)44/h1-30H;1-28H. The first-order chi connectivity index (χ1) is 47.6. The minimum absolute atomic E-state index is 1.17. The van der Waals surface area contributed by atoms with E-state index in [-0.39, 0.29) is 0 Å². The van der Waals surface area contributed by atoms with Crippen LogP contribution in [-0.4, -0.2) is 18.3 Å². The summed E-state index contributed by atoms with van der Waals surface area (Å²) in [7, 11) is 0. The molecule has 0 spiro atoms. The van der Waals surface area contributed by atoms with Crippen LogP contribution in [0, 0.1) is 0 Å². The molecule has 446 valence electrons.